The Labute approximate surface area is 115 Å². The Hall–Kier alpha value is -1.27. The first-order valence-corrected chi connectivity index (χ1v) is 7.39. The molecule has 0 unspecified atom stereocenters. The molecule has 0 aliphatic rings. The molecule has 4 nitrogen and oxygen atoms in total. The molecule has 0 saturated carbocycles. The molecule has 0 aliphatic carbocycles. The highest BCUT2D eigenvalue weighted by atomic mass is 32.2. The minimum atomic E-state index is 0.652. The van der Waals surface area contributed by atoms with Crippen LogP contribution in [-0.2, 0) is 5.75 Å². The van der Waals surface area contributed by atoms with Crippen molar-refractivity contribution >= 4 is 29.0 Å². The van der Waals surface area contributed by atoms with Gasteiger partial charge in [0.15, 0.2) is 4.34 Å². The van der Waals surface area contributed by atoms with Crippen LogP contribution < -0.4 is 10.5 Å². The quantitative estimate of drug-likeness (QED) is 0.674. The monoisotopic (exact) mass is 281 g/mol. The molecule has 1 heterocycles. The lowest BCUT2D eigenvalue weighted by Crippen LogP contribution is -1.97. The van der Waals surface area contributed by atoms with E-state index in [0.717, 1.165) is 32.9 Å². The molecule has 2 aromatic rings. The minimum Gasteiger partial charge on any atom is -0.494 e. The summed E-state index contributed by atoms with van der Waals surface area (Å²) < 4.78 is 10.7. The zero-order valence-corrected chi connectivity index (χ0v) is 12.0. The molecule has 0 atom stereocenters. The number of aromatic nitrogens is 2. The smallest absolute Gasteiger partial charge is 0.170 e. The predicted molar refractivity (Wildman–Crippen MR) is 76.2 cm³/mol. The van der Waals surface area contributed by atoms with E-state index in [1.165, 1.54) is 11.5 Å². The maximum Gasteiger partial charge on any atom is 0.170 e. The lowest BCUT2D eigenvalue weighted by molar-refractivity contribution is 0.337. The third-order valence-electron chi connectivity index (χ3n) is 2.24. The van der Waals surface area contributed by atoms with Crippen LogP contribution in [0.25, 0.3) is 0 Å². The number of nitrogens with zero attached hydrogens (tertiary/aromatic N) is 2. The van der Waals surface area contributed by atoms with E-state index in [9.17, 15) is 0 Å². The average Bonchev–Trinajstić information content (AvgIpc) is 2.76. The zero-order chi connectivity index (χ0) is 13.0. The van der Waals surface area contributed by atoms with Crippen molar-refractivity contribution in [3.8, 4) is 5.75 Å². The lowest BCUT2D eigenvalue weighted by atomic mass is 10.2. The predicted octanol–water partition coefficient (Wildman–Crippen LogP) is 3.12. The number of anilines is 1. The number of nitrogens with two attached hydrogens (primary N) is 1. The summed E-state index contributed by atoms with van der Waals surface area (Å²) in [6.45, 7) is 4.52. The molecule has 0 bridgehead atoms. The van der Waals surface area contributed by atoms with Gasteiger partial charge in [-0.2, -0.15) is 4.37 Å². The highest BCUT2D eigenvalue weighted by Crippen LogP contribution is 2.30. The van der Waals surface area contributed by atoms with Gasteiger partial charge in [-0.1, -0.05) is 11.8 Å². The Bertz CT molecular complexity index is 528. The van der Waals surface area contributed by atoms with Crippen LogP contribution >= 0.6 is 23.3 Å². The molecular formula is C12H15N3OS2. The highest BCUT2D eigenvalue weighted by Gasteiger charge is 2.07. The summed E-state index contributed by atoms with van der Waals surface area (Å²) in [6, 6.07) is 5.72. The van der Waals surface area contributed by atoms with E-state index in [-0.39, 0.29) is 0 Å². The van der Waals surface area contributed by atoms with Gasteiger partial charge in [-0.15, -0.1) is 0 Å². The largest absolute Gasteiger partial charge is 0.494 e. The fourth-order valence-electron chi connectivity index (χ4n) is 1.48. The Morgan fingerprint density at radius 2 is 2.28 bits per heavy atom. The number of thioether (sulfide) groups is 1. The molecule has 6 heteroatoms. The molecule has 1 aromatic carbocycles. The molecule has 18 heavy (non-hydrogen) atoms. The van der Waals surface area contributed by atoms with Crippen LogP contribution in [0, 0.1) is 6.92 Å². The second-order valence-electron chi connectivity index (χ2n) is 3.70. The van der Waals surface area contributed by atoms with Crippen LogP contribution in [0.15, 0.2) is 22.5 Å². The van der Waals surface area contributed by atoms with Gasteiger partial charge in [-0.25, -0.2) is 4.98 Å². The molecular weight excluding hydrogens is 266 g/mol. The van der Waals surface area contributed by atoms with Crippen LogP contribution in [0.1, 0.15) is 18.3 Å². The maximum absolute atomic E-state index is 5.81. The summed E-state index contributed by atoms with van der Waals surface area (Å²) in [4.78, 5) is 4.32. The van der Waals surface area contributed by atoms with Gasteiger partial charge in [-0.3, -0.25) is 0 Å². The topological polar surface area (TPSA) is 61.0 Å². The van der Waals surface area contributed by atoms with Gasteiger partial charge >= 0.3 is 0 Å². The van der Waals surface area contributed by atoms with Crippen molar-refractivity contribution in [2.24, 2.45) is 0 Å². The van der Waals surface area contributed by atoms with Crippen LogP contribution in [0.2, 0.25) is 0 Å². The summed E-state index contributed by atoms with van der Waals surface area (Å²) in [5, 5.41) is 0. The standard InChI is InChI=1S/C12H15N3OS2/c1-3-16-11-5-4-10(13)6-9(11)7-17-12-14-8(2)15-18-12/h4-6H,3,7,13H2,1-2H3. The second kappa shape index (κ2) is 6.06. The van der Waals surface area contributed by atoms with Crippen molar-refractivity contribution < 1.29 is 4.74 Å². The van der Waals surface area contributed by atoms with Crippen molar-refractivity contribution in [3.63, 3.8) is 0 Å². The zero-order valence-electron chi connectivity index (χ0n) is 10.3. The van der Waals surface area contributed by atoms with E-state index in [1.54, 1.807) is 11.8 Å². The fraction of sp³-hybridized carbons (Fsp3) is 0.333. The maximum atomic E-state index is 5.81. The number of rotatable bonds is 5. The van der Waals surface area contributed by atoms with Gasteiger partial charge in [0, 0.05) is 17.0 Å². The van der Waals surface area contributed by atoms with E-state index >= 15 is 0 Å². The Morgan fingerprint density at radius 3 is 2.94 bits per heavy atom. The first-order valence-electron chi connectivity index (χ1n) is 5.63. The molecule has 0 spiro atoms. The van der Waals surface area contributed by atoms with Gasteiger partial charge in [0.2, 0.25) is 0 Å². The van der Waals surface area contributed by atoms with Crippen molar-refractivity contribution in [1.82, 2.24) is 9.36 Å². The third kappa shape index (κ3) is 3.36. The third-order valence-corrected chi connectivity index (χ3v) is 4.22. The van der Waals surface area contributed by atoms with E-state index in [1.807, 2.05) is 32.0 Å². The number of hydrogen-bond acceptors (Lipinski definition) is 6. The molecule has 0 amide bonds. The summed E-state index contributed by atoms with van der Waals surface area (Å²) in [6.07, 6.45) is 0. The molecule has 2 rings (SSSR count). The normalized spacial score (nSPS) is 10.6. The van der Waals surface area contributed by atoms with Crippen LogP contribution in [0.5, 0.6) is 5.75 Å². The Kier molecular flexibility index (Phi) is 4.43. The van der Waals surface area contributed by atoms with Crippen LogP contribution in [-0.4, -0.2) is 16.0 Å². The van der Waals surface area contributed by atoms with E-state index in [2.05, 4.69) is 9.36 Å². The van der Waals surface area contributed by atoms with Crippen molar-refractivity contribution in [2.45, 2.75) is 23.9 Å². The molecule has 0 saturated heterocycles. The minimum absolute atomic E-state index is 0.652. The number of nitrogen functional groups attached to an aromatic ring is 1. The molecule has 96 valence electrons. The van der Waals surface area contributed by atoms with Crippen molar-refractivity contribution in [1.29, 1.82) is 0 Å². The first kappa shape index (κ1) is 13.2. The summed E-state index contributed by atoms with van der Waals surface area (Å²) in [5.41, 5.74) is 7.65. The van der Waals surface area contributed by atoms with Crippen LogP contribution in [0.3, 0.4) is 0 Å². The Balaban J connectivity index is 2.09. The number of aryl methyl sites for hydroxylation is 1. The first-order chi connectivity index (χ1) is 8.69. The van der Waals surface area contributed by atoms with Crippen molar-refractivity contribution in [3.05, 3.63) is 29.6 Å². The van der Waals surface area contributed by atoms with E-state index in [0.29, 0.717) is 6.61 Å². The highest BCUT2D eigenvalue weighted by molar-refractivity contribution is 8.00. The molecule has 0 fully saturated rings. The number of hydrogen-bond donors (Lipinski definition) is 1. The van der Waals surface area contributed by atoms with E-state index < -0.39 is 0 Å². The van der Waals surface area contributed by atoms with Crippen LogP contribution in [0.4, 0.5) is 5.69 Å². The van der Waals surface area contributed by atoms with E-state index in [4.69, 9.17) is 10.5 Å². The SMILES string of the molecule is CCOc1ccc(N)cc1CSc1nc(C)ns1. The fourth-order valence-corrected chi connectivity index (χ4v) is 3.11. The molecule has 0 aliphatic heterocycles. The summed E-state index contributed by atoms with van der Waals surface area (Å²) in [7, 11) is 0. The number of benzene rings is 1. The van der Waals surface area contributed by atoms with Crippen molar-refractivity contribution in [2.75, 3.05) is 12.3 Å². The van der Waals surface area contributed by atoms with Gasteiger partial charge < -0.3 is 10.5 Å². The summed E-state index contributed by atoms with van der Waals surface area (Å²) >= 11 is 3.07. The summed E-state index contributed by atoms with van der Waals surface area (Å²) in [5.74, 6) is 2.50. The second-order valence-corrected chi connectivity index (χ2v) is 5.67. The molecule has 0 radical (unpaired) electrons. The van der Waals surface area contributed by atoms with Gasteiger partial charge in [-0.05, 0) is 43.6 Å². The lowest BCUT2D eigenvalue weighted by Gasteiger charge is -2.09. The molecule has 1 aromatic heterocycles. The Morgan fingerprint density at radius 1 is 1.44 bits per heavy atom. The molecule has 2 N–H and O–H groups in total. The number of ether oxygens (including phenoxy) is 1. The van der Waals surface area contributed by atoms with Gasteiger partial charge in [0.25, 0.3) is 0 Å². The van der Waals surface area contributed by atoms with Gasteiger partial charge in [0.1, 0.15) is 11.6 Å². The van der Waals surface area contributed by atoms with Gasteiger partial charge in [0.05, 0.1) is 6.61 Å². The average molecular weight is 281 g/mol.